The van der Waals surface area contributed by atoms with Crippen LogP contribution in [0.2, 0.25) is 0 Å². The normalized spacial score (nSPS) is 14.4. The fourth-order valence-corrected chi connectivity index (χ4v) is 2.11. The number of rotatable bonds is 4. The van der Waals surface area contributed by atoms with Crippen molar-refractivity contribution in [3.63, 3.8) is 0 Å². The first-order chi connectivity index (χ1) is 8.55. The molecule has 1 aromatic carbocycles. The lowest BCUT2D eigenvalue weighted by molar-refractivity contribution is 0.0913. The van der Waals surface area contributed by atoms with Gasteiger partial charge < -0.3 is 5.11 Å². The van der Waals surface area contributed by atoms with Gasteiger partial charge in [0.25, 0.3) is 0 Å². The second kappa shape index (κ2) is 4.90. The molecule has 4 nitrogen and oxygen atoms in total. The lowest BCUT2D eigenvalue weighted by atomic mass is 9.91. The molecule has 2 rings (SSSR count). The largest absolute Gasteiger partial charge is 0.379 e. The first-order valence-electron chi connectivity index (χ1n) is 6.24. The van der Waals surface area contributed by atoms with Crippen LogP contribution in [-0.2, 0) is 12.1 Å². The highest BCUT2D eigenvalue weighted by Crippen LogP contribution is 2.28. The Bertz CT molecular complexity index is 531. The van der Waals surface area contributed by atoms with E-state index in [1.807, 2.05) is 31.2 Å². The van der Waals surface area contributed by atoms with Gasteiger partial charge in [-0.15, -0.1) is 5.10 Å². The Morgan fingerprint density at radius 2 is 2.17 bits per heavy atom. The summed E-state index contributed by atoms with van der Waals surface area (Å²) in [5.74, 6) is 0. The van der Waals surface area contributed by atoms with Crippen LogP contribution in [0.25, 0.3) is 0 Å². The van der Waals surface area contributed by atoms with Crippen LogP contribution in [0.15, 0.2) is 30.5 Å². The number of hydrogen-bond acceptors (Lipinski definition) is 3. The minimum Gasteiger partial charge on any atom is -0.379 e. The fraction of sp³-hybridized carbons (Fsp3) is 0.429. The molecule has 1 N–H and O–H groups in total. The molecule has 0 aliphatic heterocycles. The smallest absolute Gasteiger partial charge is 0.130 e. The van der Waals surface area contributed by atoms with E-state index < -0.39 is 5.60 Å². The molecule has 0 aliphatic rings. The summed E-state index contributed by atoms with van der Waals surface area (Å²) in [6, 6.07) is 7.88. The Morgan fingerprint density at radius 3 is 2.83 bits per heavy atom. The second-order valence-corrected chi connectivity index (χ2v) is 4.78. The lowest BCUT2D eigenvalue weighted by Gasteiger charge is -2.24. The summed E-state index contributed by atoms with van der Waals surface area (Å²) in [7, 11) is 0. The SMILES string of the molecule is CCCn1nncc1C(C)(O)c1cccc(C)c1. The summed E-state index contributed by atoms with van der Waals surface area (Å²) in [4.78, 5) is 0. The second-order valence-electron chi connectivity index (χ2n) is 4.78. The number of hydrogen-bond donors (Lipinski definition) is 1. The molecule has 1 atom stereocenters. The van der Waals surface area contributed by atoms with Gasteiger partial charge in [-0.3, -0.25) is 0 Å². The third kappa shape index (κ3) is 2.29. The van der Waals surface area contributed by atoms with E-state index in [1.165, 1.54) is 0 Å². The van der Waals surface area contributed by atoms with Crippen molar-refractivity contribution >= 4 is 0 Å². The number of aryl methyl sites for hydroxylation is 2. The van der Waals surface area contributed by atoms with Gasteiger partial charge in [0.15, 0.2) is 0 Å². The Hall–Kier alpha value is -1.68. The molecule has 2 aromatic rings. The maximum atomic E-state index is 10.8. The first-order valence-corrected chi connectivity index (χ1v) is 6.24. The zero-order valence-corrected chi connectivity index (χ0v) is 11.1. The third-order valence-corrected chi connectivity index (χ3v) is 3.13. The standard InChI is InChI=1S/C14H19N3O/c1-4-8-17-13(10-15-16-17)14(3,18)12-7-5-6-11(2)9-12/h5-7,9-10,18H,4,8H2,1-3H3. The molecular weight excluding hydrogens is 226 g/mol. The van der Waals surface area contributed by atoms with E-state index in [4.69, 9.17) is 0 Å². The van der Waals surface area contributed by atoms with Crippen LogP contribution in [0.4, 0.5) is 0 Å². The molecular formula is C14H19N3O. The van der Waals surface area contributed by atoms with Crippen molar-refractivity contribution in [3.05, 3.63) is 47.3 Å². The fourth-order valence-electron chi connectivity index (χ4n) is 2.11. The molecule has 1 unspecified atom stereocenters. The summed E-state index contributed by atoms with van der Waals surface area (Å²) < 4.78 is 1.77. The van der Waals surface area contributed by atoms with Crippen molar-refractivity contribution in [2.75, 3.05) is 0 Å². The molecule has 96 valence electrons. The molecule has 0 aliphatic carbocycles. The molecule has 0 fully saturated rings. The Labute approximate surface area is 107 Å². The first kappa shape index (κ1) is 12.8. The predicted molar refractivity (Wildman–Crippen MR) is 70.2 cm³/mol. The van der Waals surface area contributed by atoms with Gasteiger partial charge in [0.1, 0.15) is 5.60 Å². The van der Waals surface area contributed by atoms with Crippen molar-refractivity contribution in [1.29, 1.82) is 0 Å². The number of nitrogens with zero attached hydrogens (tertiary/aromatic N) is 3. The molecule has 0 spiro atoms. The quantitative estimate of drug-likeness (QED) is 0.898. The predicted octanol–water partition coefficient (Wildman–Crippen LogP) is 2.25. The molecule has 0 saturated heterocycles. The van der Waals surface area contributed by atoms with Gasteiger partial charge in [-0.2, -0.15) is 0 Å². The zero-order valence-electron chi connectivity index (χ0n) is 11.1. The van der Waals surface area contributed by atoms with Gasteiger partial charge >= 0.3 is 0 Å². The summed E-state index contributed by atoms with van der Waals surface area (Å²) in [5, 5.41) is 18.7. The summed E-state index contributed by atoms with van der Waals surface area (Å²) >= 11 is 0. The molecule has 4 heteroatoms. The average Bonchev–Trinajstić information content (AvgIpc) is 2.78. The van der Waals surface area contributed by atoms with Crippen LogP contribution in [0.3, 0.4) is 0 Å². The van der Waals surface area contributed by atoms with E-state index in [-0.39, 0.29) is 0 Å². The van der Waals surface area contributed by atoms with Crippen molar-refractivity contribution in [2.45, 2.75) is 39.3 Å². The molecule has 18 heavy (non-hydrogen) atoms. The highest BCUT2D eigenvalue weighted by Gasteiger charge is 2.29. The van der Waals surface area contributed by atoms with E-state index in [9.17, 15) is 5.11 Å². The van der Waals surface area contributed by atoms with E-state index in [0.29, 0.717) is 0 Å². The van der Waals surface area contributed by atoms with E-state index in [2.05, 4.69) is 17.2 Å². The monoisotopic (exact) mass is 245 g/mol. The molecule has 0 radical (unpaired) electrons. The van der Waals surface area contributed by atoms with Crippen molar-refractivity contribution < 1.29 is 5.11 Å². The minimum absolute atomic E-state index is 0.731. The van der Waals surface area contributed by atoms with Gasteiger partial charge in [0, 0.05) is 6.54 Å². The van der Waals surface area contributed by atoms with Crippen LogP contribution in [-0.4, -0.2) is 20.1 Å². The summed E-state index contributed by atoms with van der Waals surface area (Å²) in [6.45, 7) is 6.64. The van der Waals surface area contributed by atoms with Gasteiger partial charge in [0.2, 0.25) is 0 Å². The number of aromatic nitrogens is 3. The van der Waals surface area contributed by atoms with Gasteiger partial charge in [-0.1, -0.05) is 42.0 Å². The molecule has 0 bridgehead atoms. The number of aliphatic hydroxyl groups is 1. The van der Waals surface area contributed by atoms with Gasteiger partial charge in [-0.05, 0) is 25.8 Å². The van der Waals surface area contributed by atoms with Gasteiger partial charge in [0.05, 0.1) is 11.9 Å². The summed E-state index contributed by atoms with van der Waals surface area (Å²) in [6.07, 6.45) is 2.60. The van der Waals surface area contributed by atoms with E-state index in [0.717, 1.165) is 29.8 Å². The Balaban J connectivity index is 2.44. The molecule has 0 amide bonds. The molecule has 1 heterocycles. The number of benzene rings is 1. The maximum Gasteiger partial charge on any atom is 0.130 e. The van der Waals surface area contributed by atoms with Crippen molar-refractivity contribution in [1.82, 2.24) is 15.0 Å². The third-order valence-electron chi connectivity index (χ3n) is 3.13. The van der Waals surface area contributed by atoms with Crippen LogP contribution < -0.4 is 0 Å². The highest BCUT2D eigenvalue weighted by atomic mass is 16.3. The van der Waals surface area contributed by atoms with Gasteiger partial charge in [-0.25, -0.2) is 4.68 Å². The molecule has 1 aromatic heterocycles. The van der Waals surface area contributed by atoms with E-state index in [1.54, 1.807) is 17.8 Å². The van der Waals surface area contributed by atoms with E-state index >= 15 is 0 Å². The topological polar surface area (TPSA) is 50.9 Å². The van der Waals surface area contributed by atoms with Crippen LogP contribution in [0, 0.1) is 6.92 Å². The highest BCUT2D eigenvalue weighted by molar-refractivity contribution is 5.33. The zero-order chi connectivity index (χ0) is 13.2. The van der Waals surface area contributed by atoms with Crippen LogP contribution in [0.1, 0.15) is 37.1 Å². The van der Waals surface area contributed by atoms with Crippen LogP contribution in [0.5, 0.6) is 0 Å². The van der Waals surface area contributed by atoms with Crippen molar-refractivity contribution in [2.24, 2.45) is 0 Å². The van der Waals surface area contributed by atoms with Crippen LogP contribution >= 0.6 is 0 Å². The Kier molecular flexibility index (Phi) is 3.48. The maximum absolute atomic E-state index is 10.8. The minimum atomic E-state index is -1.06. The summed E-state index contributed by atoms with van der Waals surface area (Å²) in [5.41, 5.74) is 1.66. The van der Waals surface area contributed by atoms with Crippen molar-refractivity contribution in [3.8, 4) is 0 Å². The average molecular weight is 245 g/mol. The lowest BCUT2D eigenvalue weighted by Crippen LogP contribution is -2.27. The Morgan fingerprint density at radius 1 is 1.39 bits per heavy atom. The molecule has 0 saturated carbocycles.